The van der Waals surface area contributed by atoms with Crippen LogP contribution in [0, 0.1) is 0 Å². The summed E-state index contributed by atoms with van der Waals surface area (Å²) in [5.74, 6) is 1.41. The van der Waals surface area contributed by atoms with E-state index in [1.54, 1.807) is 6.20 Å². The third-order valence-corrected chi connectivity index (χ3v) is 2.64. The molecule has 2 aromatic rings. The van der Waals surface area contributed by atoms with Crippen molar-refractivity contribution in [3.8, 4) is 0 Å². The third kappa shape index (κ3) is 3.26. The van der Waals surface area contributed by atoms with E-state index in [4.69, 9.17) is 11.6 Å². The van der Waals surface area contributed by atoms with Gasteiger partial charge >= 0.3 is 0 Å². The van der Waals surface area contributed by atoms with Crippen LogP contribution in [0.1, 0.15) is 11.4 Å². The van der Waals surface area contributed by atoms with E-state index < -0.39 is 0 Å². The smallest absolute Gasteiger partial charge is 0.123 e. The first kappa shape index (κ1) is 13.1. The van der Waals surface area contributed by atoms with Crippen molar-refractivity contribution >= 4 is 24.0 Å². The predicted octanol–water partition coefficient (Wildman–Crippen LogP) is 3.29. The Morgan fingerprint density at radius 2 is 1.94 bits per heavy atom. The van der Waals surface area contributed by atoms with E-state index in [0.29, 0.717) is 5.88 Å². The van der Waals surface area contributed by atoms with Gasteiger partial charge in [0.25, 0.3) is 0 Å². The maximum Gasteiger partial charge on any atom is 0.123 e. The van der Waals surface area contributed by atoms with Crippen LogP contribution in [-0.2, 0) is 18.8 Å². The number of hydrogen-bond donors (Lipinski definition) is 0. The molecule has 1 heterocycles. The van der Waals surface area contributed by atoms with Crippen LogP contribution in [0.15, 0.2) is 42.7 Å². The van der Waals surface area contributed by atoms with Gasteiger partial charge in [-0.05, 0) is 12.0 Å². The highest BCUT2D eigenvalue weighted by atomic mass is 35.5. The molecule has 1 aromatic heterocycles. The van der Waals surface area contributed by atoms with Crippen molar-refractivity contribution in [1.29, 1.82) is 0 Å². The first-order valence-corrected chi connectivity index (χ1v) is 5.53. The Morgan fingerprint density at radius 1 is 1.19 bits per heavy atom. The number of rotatable bonds is 4. The SMILES string of the molecule is Cl.ClCc1nccn1CCc1ccccc1. The lowest BCUT2D eigenvalue weighted by molar-refractivity contribution is 0.669. The van der Waals surface area contributed by atoms with Crippen molar-refractivity contribution in [2.75, 3.05) is 0 Å². The van der Waals surface area contributed by atoms with E-state index in [1.165, 1.54) is 5.56 Å². The molecule has 0 saturated carbocycles. The lowest BCUT2D eigenvalue weighted by atomic mass is 10.1. The fraction of sp³-hybridized carbons (Fsp3) is 0.250. The molecule has 1 aromatic carbocycles. The van der Waals surface area contributed by atoms with Gasteiger partial charge < -0.3 is 4.57 Å². The summed E-state index contributed by atoms with van der Waals surface area (Å²) < 4.78 is 2.10. The van der Waals surface area contributed by atoms with Crippen molar-refractivity contribution < 1.29 is 0 Å². The van der Waals surface area contributed by atoms with Crippen molar-refractivity contribution in [3.63, 3.8) is 0 Å². The Morgan fingerprint density at radius 3 is 2.62 bits per heavy atom. The minimum Gasteiger partial charge on any atom is -0.334 e. The monoisotopic (exact) mass is 256 g/mol. The summed E-state index contributed by atoms with van der Waals surface area (Å²) in [5.41, 5.74) is 1.34. The van der Waals surface area contributed by atoms with Crippen LogP contribution in [-0.4, -0.2) is 9.55 Å². The summed E-state index contributed by atoms with van der Waals surface area (Å²) in [6.07, 6.45) is 4.78. The van der Waals surface area contributed by atoms with E-state index >= 15 is 0 Å². The number of halogens is 2. The van der Waals surface area contributed by atoms with Gasteiger partial charge in [-0.25, -0.2) is 4.98 Å². The van der Waals surface area contributed by atoms with Crippen LogP contribution >= 0.6 is 24.0 Å². The summed E-state index contributed by atoms with van der Waals surface area (Å²) in [7, 11) is 0. The molecule has 0 saturated heterocycles. The van der Waals surface area contributed by atoms with E-state index in [9.17, 15) is 0 Å². The topological polar surface area (TPSA) is 17.8 Å². The molecular formula is C12H14Cl2N2. The molecule has 86 valence electrons. The maximum atomic E-state index is 5.77. The zero-order valence-electron chi connectivity index (χ0n) is 8.84. The third-order valence-electron chi connectivity index (χ3n) is 2.41. The molecule has 0 aliphatic carbocycles. The molecule has 0 aliphatic heterocycles. The highest BCUT2D eigenvalue weighted by Gasteiger charge is 2.00. The van der Waals surface area contributed by atoms with Crippen LogP contribution in [0.2, 0.25) is 0 Å². The molecule has 0 amide bonds. The highest BCUT2D eigenvalue weighted by Crippen LogP contribution is 2.05. The largest absolute Gasteiger partial charge is 0.334 e. The van der Waals surface area contributed by atoms with Gasteiger partial charge in [0, 0.05) is 18.9 Å². The molecule has 2 rings (SSSR count). The average Bonchev–Trinajstić information content (AvgIpc) is 2.75. The predicted molar refractivity (Wildman–Crippen MR) is 69.2 cm³/mol. The van der Waals surface area contributed by atoms with E-state index in [1.807, 2.05) is 12.3 Å². The number of aryl methyl sites for hydroxylation is 2. The number of nitrogens with zero attached hydrogens (tertiary/aromatic N) is 2. The highest BCUT2D eigenvalue weighted by molar-refractivity contribution is 6.16. The summed E-state index contributed by atoms with van der Waals surface area (Å²) in [4.78, 5) is 4.18. The zero-order valence-corrected chi connectivity index (χ0v) is 10.4. The van der Waals surface area contributed by atoms with Gasteiger partial charge in [-0.1, -0.05) is 30.3 Å². The molecular weight excluding hydrogens is 243 g/mol. The molecule has 0 aliphatic rings. The first-order chi connectivity index (χ1) is 7.40. The number of alkyl halides is 1. The van der Waals surface area contributed by atoms with E-state index in [0.717, 1.165) is 18.8 Å². The quantitative estimate of drug-likeness (QED) is 0.768. The molecule has 0 atom stereocenters. The van der Waals surface area contributed by atoms with Gasteiger partial charge in [-0.15, -0.1) is 24.0 Å². The van der Waals surface area contributed by atoms with Crippen LogP contribution in [0.4, 0.5) is 0 Å². The minimum atomic E-state index is 0. The average molecular weight is 257 g/mol. The van der Waals surface area contributed by atoms with Gasteiger partial charge in [0.2, 0.25) is 0 Å². The van der Waals surface area contributed by atoms with Crippen LogP contribution in [0.3, 0.4) is 0 Å². The first-order valence-electron chi connectivity index (χ1n) is 5.00. The van der Waals surface area contributed by atoms with Gasteiger partial charge in [0.1, 0.15) is 5.82 Å². The summed E-state index contributed by atoms with van der Waals surface area (Å²) in [6, 6.07) is 10.4. The fourth-order valence-electron chi connectivity index (χ4n) is 1.57. The fourth-order valence-corrected chi connectivity index (χ4v) is 1.79. The molecule has 0 radical (unpaired) electrons. The molecule has 4 heteroatoms. The van der Waals surface area contributed by atoms with Gasteiger partial charge in [-0.2, -0.15) is 0 Å². The van der Waals surface area contributed by atoms with Gasteiger partial charge in [0.05, 0.1) is 5.88 Å². The van der Waals surface area contributed by atoms with Gasteiger partial charge in [-0.3, -0.25) is 0 Å². The molecule has 0 N–H and O–H groups in total. The van der Waals surface area contributed by atoms with Crippen LogP contribution in [0.25, 0.3) is 0 Å². The Hall–Kier alpha value is -0.990. The Bertz CT molecular complexity index is 412. The normalized spacial score (nSPS) is 9.81. The lowest BCUT2D eigenvalue weighted by Crippen LogP contribution is -2.03. The Labute approximate surface area is 107 Å². The van der Waals surface area contributed by atoms with Crippen LogP contribution < -0.4 is 0 Å². The second-order valence-corrected chi connectivity index (χ2v) is 3.67. The molecule has 0 unspecified atom stereocenters. The van der Waals surface area contributed by atoms with Gasteiger partial charge in [0.15, 0.2) is 0 Å². The molecule has 0 fully saturated rings. The Balaban J connectivity index is 0.00000128. The van der Waals surface area contributed by atoms with Crippen molar-refractivity contribution in [2.45, 2.75) is 18.8 Å². The molecule has 0 bridgehead atoms. The lowest BCUT2D eigenvalue weighted by Gasteiger charge is -2.05. The minimum absolute atomic E-state index is 0. The second kappa shape index (κ2) is 6.56. The van der Waals surface area contributed by atoms with Crippen molar-refractivity contribution in [3.05, 3.63) is 54.1 Å². The maximum absolute atomic E-state index is 5.77. The number of benzene rings is 1. The number of hydrogen-bond acceptors (Lipinski definition) is 1. The van der Waals surface area contributed by atoms with Crippen LogP contribution in [0.5, 0.6) is 0 Å². The second-order valence-electron chi connectivity index (χ2n) is 3.41. The standard InChI is InChI=1S/C12H13ClN2.ClH/c13-10-12-14-7-9-15(12)8-6-11-4-2-1-3-5-11;/h1-5,7,9H,6,8,10H2;1H. The molecule has 2 nitrogen and oxygen atoms in total. The number of imidazole rings is 1. The molecule has 16 heavy (non-hydrogen) atoms. The summed E-state index contributed by atoms with van der Waals surface area (Å²) in [5, 5.41) is 0. The van der Waals surface area contributed by atoms with Crippen molar-refractivity contribution in [2.24, 2.45) is 0 Å². The van der Waals surface area contributed by atoms with E-state index in [2.05, 4.69) is 33.8 Å². The number of aromatic nitrogens is 2. The molecule has 0 spiro atoms. The van der Waals surface area contributed by atoms with Crippen molar-refractivity contribution in [1.82, 2.24) is 9.55 Å². The summed E-state index contributed by atoms with van der Waals surface area (Å²) in [6.45, 7) is 0.937. The Kier molecular flexibility index (Phi) is 5.36. The summed E-state index contributed by atoms with van der Waals surface area (Å²) >= 11 is 5.77. The zero-order chi connectivity index (χ0) is 10.5. The van der Waals surface area contributed by atoms with E-state index in [-0.39, 0.29) is 12.4 Å².